The predicted octanol–water partition coefficient (Wildman–Crippen LogP) is 5.07. The summed E-state index contributed by atoms with van der Waals surface area (Å²) < 4.78 is 5.25. The first kappa shape index (κ1) is 16.6. The number of ether oxygens (including phenoxy) is 1. The van der Waals surface area contributed by atoms with E-state index < -0.39 is 0 Å². The second-order valence-corrected chi connectivity index (χ2v) is 8.12. The van der Waals surface area contributed by atoms with Crippen LogP contribution in [0.5, 0.6) is 5.75 Å². The van der Waals surface area contributed by atoms with Crippen molar-refractivity contribution in [1.82, 2.24) is 0 Å². The maximum Gasteiger partial charge on any atom is 0.171 e. The van der Waals surface area contributed by atoms with Crippen LogP contribution in [0.2, 0.25) is 0 Å². The molecule has 3 aromatic rings. The summed E-state index contributed by atoms with van der Waals surface area (Å²) in [4.78, 5) is 13.7. The lowest BCUT2D eigenvalue weighted by Gasteiger charge is -2.47. The smallest absolute Gasteiger partial charge is 0.171 e. The number of carbonyl (C=O) groups is 1. The molecule has 0 fully saturated rings. The molecule has 0 aliphatic heterocycles. The number of carbonyl (C=O) groups excluding carboxylic acids is 1. The summed E-state index contributed by atoms with van der Waals surface area (Å²) in [5, 5.41) is 11.3. The zero-order valence-corrected chi connectivity index (χ0v) is 16.0. The lowest BCUT2D eigenvalue weighted by atomic mass is 9.54. The van der Waals surface area contributed by atoms with Gasteiger partial charge in [-0.3, -0.25) is 4.79 Å². The predicted molar refractivity (Wildman–Crippen MR) is 111 cm³/mol. The second-order valence-electron chi connectivity index (χ2n) is 8.12. The van der Waals surface area contributed by atoms with Crippen molar-refractivity contribution in [3.63, 3.8) is 0 Å². The number of methoxy groups -OCH3 is 1. The highest BCUT2D eigenvalue weighted by Crippen LogP contribution is 2.63. The number of rotatable bonds is 2. The van der Waals surface area contributed by atoms with E-state index in [4.69, 9.17) is 4.74 Å². The van der Waals surface area contributed by atoms with Crippen molar-refractivity contribution in [3.05, 3.63) is 106 Å². The average Bonchev–Trinajstić information content (AvgIpc) is 3.04. The molecule has 0 saturated carbocycles. The molecular formula is C26H20O3. The molecule has 4 aliphatic carbocycles. The van der Waals surface area contributed by atoms with Crippen molar-refractivity contribution in [2.75, 3.05) is 7.11 Å². The summed E-state index contributed by atoms with van der Waals surface area (Å²) in [6.07, 6.45) is 0. The minimum Gasteiger partial charge on any atom is -0.511 e. The number of aliphatic hydroxyl groups excluding tert-OH is 1. The molecule has 0 heterocycles. The van der Waals surface area contributed by atoms with Crippen LogP contribution in [0.1, 0.15) is 39.7 Å². The molecule has 3 aromatic carbocycles. The molecule has 2 atom stereocenters. The van der Waals surface area contributed by atoms with Gasteiger partial charge in [0, 0.05) is 23.7 Å². The molecule has 1 N–H and O–H groups in total. The largest absolute Gasteiger partial charge is 0.511 e. The van der Waals surface area contributed by atoms with Crippen LogP contribution >= 0.6 is 0 Å². The quantitative estimate of drug-likeness (QED) is 0.675. The van der Waals surface area contributed by atoms with E-state index >= 15 is 0 Å². The maximum absolute atomic E-state index is 13.7. The van der Waals surface area contributed by atoms with Gasteiger partial charge in [0.25, 0.3) is 0 Å². The Kier molecular flexibility index (Phi) is 3.34. The van der Waals surface area contributed by atoms with E-state index in [0.29, 0.717) is 5.57 Å². The van der Waals surface area contributed by atoms with Crippen LogP contribution in [0.25, 0.3) is 5.57 Å². The fourth-order valence-corrected chi connectivity index (χ4v) is 5.83. The van der Waals surface area contributed by atoms with Crippen LogP contribution in [0.15, 0.2) is 78.6 Å². The van der Waals surface area contributed by atoms with E-state index in [9.17, 15) is 9.90 Å². The number of hydrogen-bond donors (Lipinski definition) is 1. The average molecular weight is 380 g/mol. The zero-order chi connectivity index (χ0) is 19.7. The number of allylic oxidation sites excluding steroid dienone is 2. The summed E-state index contributed by atoms with van der Waals surface area (Å²) in [5.74, 6) is 0.577. The number of aliphatic hydroxyl groups is 1. The summed E-state index contributed by atoms with van der Waals surface area (Å²) in [6.45, 7) is 0. The Morgan fingerprint density at radius 1 is 0.724 bits per heavy atom. The standard InChI is InChI=1S/C26H20O3/c1-29-15-12-10-14(11-13-15)20-25(27)23-21-16-6-2-3-7-17(16)22(24(23)26(20)28)19-9-5-4-8-18(19)21/h2-13,21-24,27H,1H3/t21?,22?,23-,24+/m1/s1. The molecule has 0 radical (unpaired) electrons. The van der Waals surface area contributed by atoms with Crippen LogP contribution in [-0.4, -0.2) is 18.0 Å². The first-order chi connectivity index (χ1) is 14.2. The Hall–Kier alpha value is -3.33. The molecule has 29 heavy (non-hydrogen) atoms. The normalized spacial score (nSPS) is 26.2. The molecule has 3 nitrogen and oxygen atoms in total. The van der Waals surface area contributed by atoms with Gasteiger partial charge in [0.05, 0.1) is 12.7 Å². The molecule has 4 aliphatic rings. The highest BCUT2D eigenvalue weighted by Gasteiger charge is 2.58. The fraction of sp³-hybridized carbons (Fsp3) is 0.192. The fourth-order valence-electron chi connectivity index (χ4n) is 5.83. The number of benzene rings is 3. The van der Waals surface area contributed by atoms with Crippen LogP contribution in [0.4, 0.5) is 0 Å². The third-order valence-corrected chi connectivity index (χ3v) is 6.94. The highest BCUT2D eigenvalue weighted by atomic mass is 16.5. The minimum absolute atomic E-state index is 0.0112. The van der Waals surface area contributed by atoms with Gasteiger partial charge >= 0.3 is 0 Å². The van der Waals surface area contributed by atoms with Crippen LogP contribution in [0, 0.1) is 11.8 Å². The van der Waals surface area contributed by atoms with Crippen molar-refractivity contribution in [3.8, 4) is 5.75 Å². The SMILES string of the molecule is COc1ccc(C2=C(O)[C@@H]3C4c5ccccc5C(c5ccccc54)[C@@H]3C2=O)cc1. The van der Waals surface area contributed by atoms with Crippen molar-refractivity contribution >= 4 is 11.4 Å². The van der Waals surface area contributed by atoms with Crippen LogP contribution in [-0.2, 0) is 4.79 Å². The van der Waals surface area contributed by atoms with Crippen molar-refractivity contribution < 1.29 is 14.6 Å². The van der Waals surface area contributed by atoms with Gasteiger partial charge in [-0.15, -0.1) is 0 Å². The third-order valence-electron chi connectivity index (χ3n) is 6.94. The summed E-state index contributed by atoms with van der Waals surface area (Å²) in [5.41, 5.74) is 6.18. The summed E-state index contributed by atoms with van der Waals surface area (Å²) >= 11 is 0. The third kappa shape index (κ3) is 2.05. The Morgan fingerprint density at radius 2 is 1.21 bits per heavy atom. The van der Waals surface area contributed by atoms with Gasteiger partial charge in [-0.05, 0) is 39.9 Å². The Bertz CT molecular complexity index is 1140. The maximum atomic E-state index is 13.7. The van der Waals surface area contributed by atoms with Gasteiger partial charge in [0.2, 0.25) is 0 Å². The van der Waals surface area contributed by atoms with Crippen molar-refractivity contribution in [2.45, 2.75) is 11.8 Å². The molecule has 0 aromatic heterocycles. The van der Waals surface area contributed by atoms with E-state index in [-0.39, 0.29) is 35.2 Å². The van der Waals surface area contributed by atoms with E-state index in [1.165, 1.54) is 22.3 Å². The molecule has 7 rings (SSSR count). The number of ketones is 1. The molecule has 2 bridgehead atoms. The zero-order valence-electron chi connectivity index (χ0n) is 16.0. The van der Waals surface area contributed by atoms with Crippen LogP contribution < -0.4 is 4.74 Å². The Labute approximate surface area is 169 Å². The molecule has 3 heteroatoms. The highest BCUT2D eigenvalue weighted by molar-refractivity contribution is 6.25. The van der Waals surface area contributed by atoms with Crippen molar-refractivity contribution in [1.29, 1.82) is 0 Å². The first-order valence-electron chi connectivity index (χ1n) is 10.00. The topological polar surface area (TPSA) is 46.5 Å². The van der Waals surface area contributed by atoms with Gasteiger partial charge in [-0.25, -0.2) is 0 Å². The van der Waals surface area contributed by atoms with E-state index in [1.54, 1.807) is 7.11 Å². The van der Waals surface area contributed by atoms with Gasteiger partial charge in [0.1, 0.15) is 11.5 Å². The number of Topliss-reactive ketones (excluding diaryl/α,β-unsaturated/α-hetero) is 1. The lowest BCUT2D eigenvalue weighted by Crippen LogP contribution is -2.41. The van der Waals surface area contributed by atoms with Gasteiger partial charge < -0.3 is 9.84 Å². The Balaban J connectivity index is 1.57. The van der Waals surface area contributed by atoms with E-state index in [1.807, 2.05) is 36.4 Å². The molecule has 0 spiro atoms. The van der Waals surface area contributed by atoms with E-state index in [0.717, 1.165) is 11.3 Å². The van der Waals surface area contributed by atoms with Crippen molar-refractivity contribution in [2.24, 2.45) is 11.8 Å². The summed E-state index contributed by atoms with van der Waals surface area (Å²) in [6, 6.07) is 24.2. The molecule has 142 valence electrons. The van der Waals surface area contributed by atoms with Gasteiger partial charge in [-0.2, -0.15) is 0 Å². The first-order valence-corrected chi connectivity index (χ1v) is 10.00. The molecule has 0 amide bonds. The summed E-state index contributed by atoms with van der Waals surface area (Å²) in [7, 11) is 1.62. The molecule has 0 unspecified atom stereocenters. The van der Waals surface area contributed by atoms with Gasteiger partial charge in [0.15, 0.2) is 5.78 Å². The minimum atomic E-state index is -0.248. The lowest BCUT2D eigenvalue weighted by molar-refractivity contribution is -0.118. The van der Waals surface area contributed by atoms with Gasteiger partial charge in [-0.1, -0.05) is 60.7 Å². The Morgan fingerprint density at radius 3 is 1.69 bits per heavy atom. The molecule has 0 saturated heterocycles. The second kappa shape index (κ2) is 5.84. The van der Waals surface area contributed by atoms with Crippen LogP contribution in [0.3, 0.4) is 0 Å². The molecular weight excluding hydrogens is 360 g/mol. The van der Waals surface area contributed by atoms with E-state index in [2.05, 4.69) is 36.4 Å². The number of hydrogen-bond acceptors (Lipinski definition) is 3. The monoisotopic (exact) mass is 380 g/mol.